The van der Waals surface area contributed by atoms with Crippen molar-refractivity contribution in [3.05, 3.63) is 42.5 Å². The molecule has 10 nitrogen and oxygen atoms in total. The number of nitrogens with one attached hydrogen (secondary N) is 1. The van der Waals surface area contributed by atoms with E-state index in [1.807, 2.05) is 0 Å². The van der Waals surface area contributed by atoms with Gasteiger partial charge in [-0.15, -0.1) is 0 Å². The van der Waals surface area contributed by atoms with E-state index in [-0.39, 0.29) is 29.7 Å². The molecule has 2 aromatic rings. The van der Waals surface area contributed by atoms with Gasteiger partial charge in [-0.25, -0.2) is 8.42 Å². The van der Waals surface area contributed by atoms with E-state index in [1.165, 1.54) is 16.4 Å². The number of ether oxygens (including phenoxy) is 3. The van der Waals surface area contributed by atoms with Gasteiger partial charge in [0.15, 0.2) is 11.5 Å². The largest absolute Gasteiger partial charge is 0.486 e. The van der Waals surface area contributed by atoms with Crippen LogP contribution >= 0.6 is 0 Å². The van der Waals surface area contributed by atoms with Crippen molar-refractivity contribution in [2.45, 2.75) is 11.3 Å². The van der Waals surface area contributed by atoms with Crippen LogP contribution in [0.25, 0.3) is 0 Å². The van der Waals surface area contributed by atoms with E-state index in [9.17, 15) is 18.0 Å². The molecule has 11 heteroatoms. The molecule has 1 N–H and O–H groups in total. The van der Waals surface area contributed by atoms with E-state index in [0.717, 1.165) is 0 Å². The number of amides is 2. The van der Waals surface area contributed by atoms with Crippen molar-refractivity contribution in [2.24, 2.45) is 5.92 Å². The molecule has 2 aromatic carbocycles. The summed E-state index contributed by atoms with van der Waals surface area (Å²) in [7, 11) is -3.60. The van der Waals surface area contributed by atoms with Gasteiger partial charge in [0.05, 0.1) is 24.0 Å². The Morgan fingerprint density at radius 1 is 0.941 bits per heavy atom. The Balaban J connectivity index is 1.23. The Kier molecular flexibility index (Phi) is 6.15. The molecule has 0 unspecified atom stereocenters. The molecule has 3 aliphatic heterocycles. The fourth-order valence-electron chi connectivity index (χ4n) is 4.22. The van der Waals surface area contributed by atoms with Gasteiger partial charge in [0.1, 0.15) is 13.2 Å². The lowest BCUT2D eigenvalue weighted by Crippen LogP contribution is -2.40. The van der Waals surface area contributed by atoms with Crippen molar-refractivity contribution in [3.63, 3.8) is 0 Å². The quantitative estimate of drug-likeness (QED) is 0.679. The molecule has 3 heterocycles. The molecule has 5 rings (SSSR count). The molecular weight excluding hydrogens is 462 g/mol. The van der Waals surface area contributed by atoms with Crippen molar-refractivity contribution in [1.29, 1.82) is 0 Å². The van der Waals surface area contributed by atoms with Crippen LogP contribution < -0.4 is 19.7 Å². The summed E-state index contributed by atoms with van der Waals surface area (Å²) in [6, 6.07) is 11.3. The van der Waals surface area contributed by atoms with Crippen LogP contribution in [-0.4, -0.2) is 70.6 Å². The average molecular weight is 488 g/mol. The zero-order valence-corrected chi connectivity index (χ0v) is 19.3. The molecule has 2 amide bonds. The van der Waals surface area contributed by atoms with E-state index < -0.39 is 15.9 Å². The number of rotatable bonds is 5. The second kappa shape index (κ2) is 9.24. The van der Waals surface area contributed by atoms with Gasteiger partial charge in [-0.3, -0.25) is 9.59 Å². The minimum atomic E-state index is -3.60. The second-order valence-electron chi connectivity index (χ2n) is 8.26. The van der Waals surface area contributed by atoms with Crippen molar-refractivity contribution in [2.75, 3.05) is 56.3 Å². The van der Waals surface area contributed by atoms with Gasteiger partial charge in [-0.2, -0.15) is 4.31 Å². The van der Waals surface area contributed by atoms with Crippen LogP contribution in [0.2, 0.25) is 0 Å². The number of morpholine rings is 1. The smallest absolute Gasteiger partial charge is 0.243 e. The number of hydrogen-bond donors (Lipinski definition) is 1. The van der Waals surface area contributed by atoms with Crippen LogP contribution in [0.15, 0.2) is 47.4 Å². The van der Waals surface area contributed by atoms with Gasteiger partial charge >= 0.3 is 0 Å². The average Bonchev–Trinajstić information content (AvgIpc) is 3.26. The summed E-state index contributed by atoms with van der Waals surface area (Å²) >= 11 is 0. The fraction of sp³-hybridized carbons (Fsp3) is 0.391. The number of fused-ring (bicyclic) bond motifs is 1. The third kappa shape index (κ3) is 4.46. The molecule has 0 saturated carbocycles. The highest BCUT2D eigenvalue weighted by molar-refractivity contribution is 7.89. The molecule has 0 radical (unpaired) electrons. The summed E-state index contributed by atoms with van der Waals surface area (Å²) in [5.74, 6) is 0.241. The summed E-state index contributed by atoms with van der Waals surface area (Å²) in [5.41, 5.74) is 1.12. The molecule has 0 bridgehead atoms. The summed E-state index contributed by atoms with van der Waals surface area (Å²) in [6.07, 6.45) is 0.0871. The van der Waals surface area contributed by atoms with E-state index in [2.05, 4.69) is 5.32 Å². The lowest BCUT2D eigenvalue weighted by Gasteiger charge is -2.26. The first-order valence-corrected chi connectivity index (χ1v) is 12.5. The molecule has 2 saturated heterocycles. The number of hydrogen-bond acceptors (Lipinski definition) is 7. The number of carbonyl (C=O) groups is 2. The third-order valence-corrected chi connectivity index (χ3v) is 7.98. The van der Waals surface area contributed by atoms with Gasteiger partial charge < -0.3 is 24.4 Å². The lowest BCUT2D eigenvalue weighted by molar-refractivity contribution is -0.122. The fourth-order valence-corrected chi connectivity index (χ4v) is 5.63. The number of benzene rings is 2. The molecule has 0 aromatic heterocycles. The Hall–Kier alpha value is -3.15. The molecule has 2 fully saturated rings. The summed E-state index contributed by atoms with van der Waals surface area (Å²) in [5, 5.41) is 2.79. The molecular formula is C23H25N3O7S. The number of carbonyl (C=O) groups excluding carboxylic acids is 2. The van der Waals surface area contributed by atoms with E-state index >= 15 is 0 Å². The monoisotopic (exact) mass is 487 g/mol. The standard InChI is InChI=1S/C23H25N3O7S/c27-22-13-16(15-26(22)18-3-6-20-21(14-18)33-12-11-32-20)23(28)24-17-1-4-19(5-2-17)34(29,30)25-7-9-31-10-8-25/h1-6,14,16H,7-13,15H2,(H,24,28)/t16-/m1/s1. The van der Waals surface area contributed by atoms with Crippen LogP contribution in [0, 0.1) is 5.92 Å². The maximum Gasteiger partial charge on any atom is 0.243 e. The Morgan fingerprint density at radius 2 is 1.65 bits per heavy atom. The summed E-state index contributed by atoms with van der Waals surface area (Å²) < 4.78 is 43.2. The van der Waals surface area contributed by atoms with Crippen molar-refractivity contribution in [1.82, 2.24) is 4.31 Å². The molecule has 0 aliphatic carbocycles. The van der Waals surface area contributed by atoms with Crippen LogP contribution in [0.3, 0.4) is 0 Å². The summed E-state index contributed by atoms with van der Waals surface area (Å²) in [4.78, 5) is 27.2. The first kappa shape index (κ1) is 22.6. The Labute approximate surface area is 197 Å². The number of sulfonamides is 1. The zero-order chi connectivity index (χ0) is 23.7. The predicted octanol–water partition coefficient (Wildman–Crippen LogP) is 1.47. The number of nitrogens with zero attached hydrogens (tertiary/aromatic N) is 2. The zero-order valence-electron chi connectivity index (χ0n) is 18.4. The SMILES string of the molecule is O=C(Nc1ccc(S(=O)(=O)N2CCOCC2)cc1)[C@@H]1CC(=O)N(c2ccc3c(c2)OCCO3)C1. The highest BCUT2D eigenvalue weighted by Crippen LogP contribution is 2.36. The van der Waals surface area contributed by atoms with E-state index in [0.29, 0.717) is 62.4 Å². The van der Waals surface area contributed by atoms with Gasteiger partial charge in [0, 0.05) is 43.5 Å². The first-order chi connectivity index (χ1) is 16.4. The first-order valence-electron chi connectivity index (χ1n) is 11.1. The normalized spacial score (nSPS) is 20.9. The van der Waals surface area contributed by atoms with Gasteiger partial charge in [-0.1, -0.05) is 0 Å². The topological polar surface area (TPSA) is 114 Å². The Morgan fingerprint density at radius 3 is 2.38 bits per heavy atom. The van der Waals surface area contributed by atoms with Crippen LogP contribution in [0.5, 0.6) is 11.5 Å². The second-order valence-corrected chi connectivity index (χ2v) is 10.2. The van der Waals surface area contributed by atoms with Crippen molar-refractivity contribution >= 4 is 33.2 Å². The van der Waals surface area contributed by atoms with Crippen LogP contribution in [0.4, 0.5) is 11.4 Å². The predicted molar refractivity (Wildman–Crippen MR) is 123 cm³/mol. The minimum absolute atomic E-state index is 0.0871. The van der Waals surface area contributed by atoms with E-state index in [1.54, 1.807) is 35.2 Å². The minimum Gasteiger partial charge on any atom is -0.486 e. The van der Waals surface area contributed by atoms with Crippen LogP contribution in [0.1, 0.15) is 6.42 Å². The highest BCUT2D eigenvalue weighted by Gasteiger charge is 2.36. The number of anilines is 2. The third-order valence-electron chi connectivity index (χ3n) is 6.06. The molecule has 34 heavy (non-hydrogen) atoms. The highest BCUT2D eigenvalue weighted by atomic mass is 32.2. The van der Waals surface area contributed by atoms with Crippen molar-refractivity contribution in [3.8, 4) is 11.5 Å². The molecule has 0 spiro atoms. The maximum absolute atomic E-state index is 12.8. The Bertz CT molecular complexity index is 1190. The van der Waals surface area contributed by atoms with E-state index in [4.69, 9.17) is 14.2 Å². The van der Waals surface area contributed by atoms with Gasteiger partial charge in [-0.05, 0) is 36.4 Å². The molecule has 180 valence electrons. The molecule has 1 atom stereocenters. The van der Waals surface area contributed by atoms with Gasteiger partial charge in [0.25, 0.3) is 0 Å². The summed E-state index contributed by atoms with van der Waals surface area (Å²) in [6.45, 7) is 2.55. The maximum atomic E-state index is 12.8. The lowest BCUT2D eigenvalue weighted by atomic mass is 10.1. The van der Waals surface area contributed by atoms with Crippen molar-refractivity contribution < 1.29 is 32.2 Å². The molecule has 3 aliphatic rings. The van der Waals surface area contributed by atoms with Gasteiger partial charge in [0.2, 0.25) is 21.8 Å². The van der Waals surface area contributed by atoms with Crippen LogP contribution in [-0.2, 0) is 24.3 Å².